The Hall–Kier alpha value is -1.47. The summed E-state index contributed by atoms with van der Waals surface area (Å²) in [6.07, 6.45) is 1.88. The summed E-state index contributed by atoms with van der Waals surface area (Å²) in [7, 11) is 0. The maximum atomic E-state index is 7.02. The molecule has 2 heterocycles. The van der Waals surface area contributed by atoms with E-state index in [4.69, 9.17) is 16.0 Å². The molecule has 0 saturated carbocycles. The van der Waals surface area contributed by atoms with Gasteiger partial charge in [-0.15, -0.1) is 11.3 Å². The van der Waals surface area contributed by atoms with Gasteiger partial charge in [-0.25, -0.2) is 4.85 Å². The molecule has 0 saturated heterocycles. The first-order chi connectivity index (χ1) is 8.43. The Bertz CT molecular complexity index is 529. The molecule has 3 nitrogen and oxygen atoms in total. The maximum Gasteiger partial charge on any atom is 0.178 e. The summed E-state index contributed by atoms with van der Waals surface area (Å²) in [5.41, 5.74) is 0.682. The Morgan fingerprint density at radius 2 is 1.89 bits per heavy atom. The first kappa shape index (κ1) is 13.0. The number of hydrogen-bond donors (Lipinski definition) is 0. The third-order valence-corrected chi connectivity index (χ3v) is 4.15. The van der Waals surface area contributed by atoms with Crippen LogP contribution in [0.3, 0.4) is 0 Å². The van der Waals surface area contributed by atoms with Gasteiger partial charge in [0, 0.05) is 5.41 Å². The van der Waals surface area contributed by atoms with Crippen LogP contribution in [0.1, 0.15) is 37.4 Å². The van der Waals surface area contributed by atoms with Gasteiger partial charge in [-0.3, -0.25) is 0 Å². The second kappa shape index (κ2) is 4.66. The van der Waals surface area contributed by atoms with E-state index in [1.54, 1.807) is 18.3 Å². The molecule has 18 heavy (non-hydrogen) atoms. The number of thiophene rings is 1. The molecule has 2 rings (SSSR count). The highest BCUT2D eigenvalue weighted by atomic mass is 32.1. The molecule has 96 valence electrons. The van der Waals surface area contributed by atoms with Crippen molar-refractivity contribution in [2.75, 3.05) is 13.2 Å². The molecule has 0 radical (unpaired) electrons. The maximum absolute atomic E-state index is 7.02. The second-order valence-electron chi connectivity index (χ2n) is 5.30. The van der Waals surface area contributed by atoms with E-state index in [-0.39, 0.29) is 5.41 Å². The Balaban J connectivity index is 2.56. The predicted octanol–water partition coefficient (Wildman–Crippen LogP) is 4.10. The Morgan fingerprint density at radius 1 is 1.28 bits per heavy atom. The topological polar surface area (TPSA) is 22.8 Å². The molecular weight excluding hydrogens is 246 g/mol. The fourth-order valence-electron chi connectivity index (χ4n) is 1.78. The van der Waals surface area contributed by atoms with Gasteiger partial charge in [0.05, 0.1) is 16.3 Å². The van der Waals surface area contributed by atoms with Crippen molar-refractivity contribution >= 4 is 17.4 Å². The molecule has 0 bridgehead atoms. The standard InChI is InChI=1S/C14H17NO2S/c1-9(15-5)8-10-11-12(17-7-6-16-11)13(18-10)14(2,3)4/h8H,6-7H2,1-4H3/b9-8-. The molecule has 1 aliphatic heterocycles. The molecule has 1 aromatic rings. The van der Waals surface area contributed by atoms with E-state index in [0.29, 0.717) is 18.9 Å². The highest BCUT2D eigenvalue weighted by Gasteiger charge is 2.29. The van der Waals surface area contributed by atoms with E-state index in [9.17, 15) is 0 Å². The molecular formula is C14H17NO2S. The van der Waals surface area contributed by atoms with Crippen LogP contribution in [0.2, 0.25) is 0 Å². The number of allylic oxidation sites excluding steroid dienone is 1. The molecule has 0 fully saturated rings. The number of nitrogens with zero attached hydrogens (tertiary/aromatic N) is 1. The van der Waals surface area contributed by atoms with Crippen LogP contribution in [0.15, 0.2) is 5.70 Å². The van der Waals surface area contributed by atoms with E-state index < -0.39 is 0 Å². The lowest BCUT2D eigenvalue weighted by atomic mass is 9.94. The van der Waals surface area contributed by atoms with Gasteiger partial charge < -0.3 is 9.47 Å². The van der Waals surface area contributed by atoms with Crippen LogP contribution in [0.5, 0.6) is 11.5 Å². The zero-order chi connectivity index (χ0) is 13.3. The number of ether oxygens (including phenoxy) is 2. The summed E-state index contributed by atoms with van der Waals surface area (Å²) in [4.78, 5) is 5.60. The van der Waals surface area contributed by atoms with Crippen LogP contribution in [-0.2, 0) is 5.41 Å². The lowest BCUT2D eigenvalue weighted by Gasteiger charge is -2.22. The average molecular weight is 263 g/mol. The number of rotatable bonds is 1. The molecule has 0 aliphatic carbocycles. The highest BCUT2D eigenvalue weighted by molar-refractivity contribution is 7.13. The quantitative estimate of drug-likeness (QED) is 0.712. The van der Waals surface area contributed by atoms with Gasteiger partial charge in [0.15, 0.2) is 17.2 Å². The van der Waals surface area contributed by atoms with Crippen molar-refractivity contribution in [3.8, 4) is 11.5 Å². The fourth-order valence-corrected chi connectivity index (χ4v) is 3.03. The first-order valence-corrected chi connectivity index (χ1v) is 6.73. The minimum absolute atomic E-state index is 0.0214. The van der Waals surface area contributed by atoms with E-state index >= 15 is 0 Å². The smallest absolute Gasteiger partial charge is 0.178 e. The van der Waals surface area contributed by atoms with Crippen molar-refractivity contribution in [2.24, 2.45) is 0 Å². The third-order valence-electron chi connectivity index (χ3n) is 2.62. The summed E-state index contributed by atoms with van der Waals surface area (Å²) in [5.74, 6) is 1.67. The van der Waals surface area contributed by atoms with Gasteiger partial charge in [-0.1, -0.05) is 20.8 Å². The summed E-state index contributed by atoms with van der Waals surface area (Å²) in [6.45, 7) is 16.5. The largest absolute Gasteiger partial charge is 0.485 e. The van der Waals surface area contributed by atoms with E-state index in [0.717, 1.165) is 16.4 Å². The molecule has 0 amide bonds. The van der Waals surface area contributed by atoms with Gasteiger partial charge in [-0.2, -0.15) is 0 Å². The summed E-state index contributed by atoms with van der Waals surface area (Å²) in [5, 5.41) is 0. The summed E-state index contributed by atoms with van der Waals surface area (Å²) < 4.78 is 11.5. The van der Waals surface area contributed by atoms with Gasteiger partial charge in [0.2, 0.25) is 0 Å². The van der Waals surface area contributed by atoms with Crippen molar-refractivity contribution in [1.29, 1.82) is 0 Å². The second-order valence-corrected chi connectivity index (χ2v) is 6.35. The molecule has 0 N–H and O–H groups in total. The van der Waals surface area contributed by atoms with Crippen LogP contribution >= 0.6 is 11.3 Å². The number of hydrogen-bond acceptors (Lipinski definition) is 3. The Kier molecular flexibility index (Phi) is 3.36. The molecule has 0 unspecified atom stereocenters. The van der Waals surface area contributed by atoms with Crippen molar-refractivity contribution in [2.45, 2.75) is 33.1 Å². The van der Waals surface area contributed by atoms with E-state index in [2.05, 4.69) is 25.6 Å². The average Bonchev–Trinajstić information content (AvgIpc) is 2.68. The van der Waals surface area contributed by atoms with Crippen LogP contribution in [0.25, 0.3) is 10.9 Å². The lowest BCUT2D eigenvalue weighted by molar-refractivity contribution is 0.170. The van der Waals surface area contributed by atoms with Gasteiger partial charge in [0.1, 0.15) is 13.2 Å². The van der Waals surface area contributed by atoms with E-state index in [1.807, 2.05) is 6.08 Å². The van der Waals surface area contributed by atoms with Gasteiger partial charge >= 0.3 is 0 Å². The fraction of sp³-hybridized carbons (Fsp3) is 0.500. The molecule has 1 aromatic heterocycles. The summed E-state index contributed by atoms with van der Waals surface area (Å²) >= 11 is 1.66. The SMILES string of the molecule is [C-]#[N+]/C(C)=C\c1sc(C(C)(C)C)c2c1OCCO2. The summed E-state index contributed by atoms with van der Waals surface area (Å²) in [6, 6.07) is 0. The normalized spacial score (nSPS) is 15.4. The van der Waals surface area contributed by atoms with Crippen LogP contribution in [0.4, 0.5) is 0 Å². The van der Waals surface area contributed by atoms with Crippen molar-refractivity contribution < 1.29 is 9.47 Å². The van der Waals surface area contributed by atoms with Gasteiger partial charge in [0.25, 0.3) is 0 Å². The molecule has 1 aliphatic rings. The van der Waals surface area contributed by atoms with Crippen molar-refractivity contribution in [1.82, 2.24) is 0 Å². The third kappa shape index (κ3) is 2.37. The van der Waals surface area contributed by atoms with Crippen LogP contribution < -0.4 is 9.47 Å². The predicted molar refractivity (Wildman–Crippen MR) is 74.3 cm³/mol. The van der Waals surface area contributed by atoms with Crippen molar-refractivity contribution in [3.05, 3.63) is 26.9 Å². The monoisotopic (exact) mass is 263 g/mol. The van der Waals surface area contributed by atoms with Gasteiger partial charge in [-0.05, 0) is 13.0 Å². The minimum Gasteiger partial charge on any atom is -0.485 e. The zero-order valence-corrected chi connectivity index (χ0v) is 12.0. The Labute approximate surface area is 112 Å². The Morgan fingerprint density at radius 3 is 2.44 bits per heavy atom. The highest BCUT2D eigenvalue weighted by Crippen LogP contribution is 2.49. The molecule has 0 atom stereocenters. The molecule has 0 aromatic carbocycles. The molecule has 4 heteroatoms. The minimum atomic E-state index is 0.0214. The number of fused-ring (bicyclic) bond motifs is 1. The van der Waals surface area contributed by atoms with E-state index in [1.165, 1.54) is 4.88 Å². The van der Waals surface area contributed by atoms with Crippen molar-refractivity contribution in [3.63, 3.8) is 0 Å². The lowest BCUT2D eigenvalue weighted by Crippen LogP contribution is -2.18. The van der Waals surface area contributed by atoms with Crippen LogP contribution in [0, 0.1) is 6.57 Å². The first-order valence-electron chi connectivity index (χ1n) is 5.92. The van der Waals surface area contributed by atoms with Crippen LogP contribution in [-0.4, -0.2) is 13.2 Å². The zero-order valence-electron chi connectivity index (χ0n) is 11.2. The molecule has 0 spiro atoms.